The number of anilines is 1. The molecule has 0 amide bonds. The van der Waals surface area contributed by atoms with E-state index in [1.54, 1.807) is 0 Å². The van der Waals surface area contributed by atoms with Crippen molar-refractivity contribution < 1.29 is 0 Å². The van der Waals surface area contributed by atoms with Gasteiger partial charge < -0.3 is 11.1 Å². The van der Waals surface area contributed by atoms with Crippen LogP contribution in [0.2, 0.25) is 5.02 Å². The maximum absolute atomic E-state index is 6.11. The molecule has 1 aromatic carbocycles. The van der Waals surface area contributed by atoms with E-state index >= 15 is 0 Å². The molecule has 1 atom stereocenters. The fraction of sp³-hybridized carbons (Fsp3) is 0.538. The summed E-state index contributed by atoms with van der Waals surface area (Å²) < 4.78 is 0. The molecular formula is C13H21ClN2. The summed E-state index contributed by atoms with van der Waals surface area (Å²) in [6, 6.07) is 6.00. The van der Waals surface area contributed by atoms with Gasteiger partial charge in [0.2, 0.25) is 0 Å². The number of rotatable bonds is 5. The molecular weight excluding hydrogens is 220 g/mol. The van der Waals surface area contributed by atoms with Gasteiger partial charge in [0.1, 0.15) is 0 Å². The smallest absolute Gasteiger partial charge is 0.0637 e. The van der Waals surface area contributed by atoms with E-state index in [9.17, 15) is 0 Å². The van der Waals surface area contributed by atoms with Gasteiger partial charge in [-0.05, 0) is 43.0 Å². The second-order valence-electron chi connectivity index (χ2n) is 4.60. The zero-order chi connectivity index (χ0) is 12.1. The minimum absolute atomic E-state index is 0.483. The Morgan fingerprint density at radius 3 is 2.62 bits per heavy atom. The molecule has 0 heterocycles. The summed E-state index contributed by atoms with van der Waals surface area (Å²) in [5.74, 6) is 1.07. The molecule has 0 saturated carbocycles. The van der Waals surface area contributed by atoms with Crippen LogP contribution in [0.15, 0.2) is 18.2 Å². The van der Waals surface area contributed by atoms with Gasteiger partial charge in [-0.1, -0.05) is 31.5 Å². The van der Waals surface area contributed by atoms with Gasteiger partial charge in [0, 0.05) is 6.54 Å². The Kier molecular flexibility index (Phi) is 5.10. The second kappa shape index (κ2) is 6.12. The summed E-state index contributed by atoms with van der Waals surface area (Å²) in [5.41, 5.74) is 7.94. The van der Waals surface area contributed by atoms with Crippen LogP contribution >= 0.6 is 11.6 Å². The minimum Gasteiger partial charge on any atom is -0.383 e. The Hall–Kier alpha value is -0.730. The normalized spacial score (nSPS) is 12.9. The molecule has 0 aliphatic rings. The summed E-state index contributed by atoms with van der Waals surface area (Å²) >= 11 is 6.11. The first kappa shape index (κ1) is 13.3. The van der Waals surface area contributed by atoms with Crippen molar-refractivity contribution in [3.63, 3.8) is 0 Å². The predicted molar refractivity (Wildman–Crippen MR) is 72.1 cm³/mol. The first-order chi connectivity index (χ1) is 7.54. The van der Waals surface area contributed by atoms with Gasteiger partial charge in [-0.25, -0.2) is 0 Å². The van der Waals surface area contributed by atoms with Crippen molar-refractivity contribution in [2.75, 3.05) is 18.4 Å². The van der Waals surface area contributed by atoms with Crippen molar-refractivity contribution in [3.8, 4) is 0 Å². The zero-order valence-electron chi connectivity index (χ0n) is 10.3. The molecule has 0 fully saturated rings. The monoisotopic (exact) mass is 240 g/mol. The lowest BCUT2D eigenvalue weighted by Gasteiger charge is -2.20. The molecule has 0 bridgehead atoms. The minimum atomic E-state index is 0.483. The largest absolute Gasteiger partial charge is 0.383 e. The first-order valence-corrected chi connectivity index (χ1v) is 6.12. The highest BCUT2D eigenvalue weighted by molar-refractivity contribution is 6.33. The molecule has 0 aliphatic heterocycles. The fourth-order valence-electron chi connectivity index (χ4n) is 1.61. The van der Waals surface area contributed by atoms with Crippen LogP contribution in [0.5, 0.6) is 0 Å². The highest BCUT2D eigenvalue weighted by Crippen LogP contribution is 2.23. The van der Waals surface area contributed by atoms with Crippen LogP contribution < -0.4 is 11.1 Å². The Morgan fingerprint density at radius 1 is 1.38 bits per heavy atom. The molecule has 0 aliphatic carbocycles. The lowest BCUT2D eigenvalue weighted by Crippen LogP contribution is -2.27. The second-order valence-corrected chi connectivity index (χ2v) is 5.01. The Bertz CT molecular complexity index is 337. The van der Waals surface area contributed by atoms with Gasteiger partial charge in [-0.3, -0.25) is 0 Å². The maximum Gasteiger partial charge on any atom is 0.0637 e. The van der Waals surface area contributed by atoms with Gasteiger partial charge >= 0.3 is 0 Å². The molecule has 0 radical (unpaired) electrons. The highest BCUT2D eigenvalue weighted by atomic mass is 35.5. The average Bonchev–Trinajstić information content (AvgIpc) is 2.23. The Morgan fingerprint density at radius 2 is 2.06 bits per heavy atom. The number of benzene rings is 1. The number of aryl methyl sites for hydroxylation is 1. The van der Waals surface area contributed by atoms with Crippen molar-refractivity contribution >= 4 is 17.3 Å². The van der Waals surface area contributed by atoms with E-state index in [-0.39, 0.29) is 0 Å². The van der Waals surface area contributed by atoms with E-state index in [1.807, 2.05) is 12.1 Å². The third kappa shape index (κ3) is 3.69. The van der Waals surface area contributed by atoms with Gasteiger partial charge in [0.05, 0.1) is 10.7 Å². The molecule has 90 valence electrons. The summed E-state index contributed by atoms with van der Waals surface area (Å²) in [4.78, 5) is 0. The van der Waals surface area contributed by atoms with E-state index in [0.29, 0.717) is 18.4 Å². The van der Waals surface area contributed by atoms with Crippen LogP contribution in [-0.4, -0.2) is 13.1 Å². The van der Waals surface area contributed by atoms with Gasteiger partial charge in [-0.15, -0.1) is 0 Å². The highest BCUT2D eigenvalue weighted by Gasteiger charge is 2.11. The molecule has 2 nitrogen and oxygen atoms in total. The van der Waals surface area contributed by atoms with Crippen molar-refractivity contribution in [1.29, 1.82) is 0 Å². The number of hydrogen-bond acceptors (Lipinski definition) is 2. The number of nitrogens with one attached hydrogen (secondary N) is 1. The van der Waals surface area contributed by atoms with Crippen LogP contribution in [0, 0.1) is 18.8 Å². The number of nitrogens with two attached hydrogens (primary N) is 1. The lowest BCUT2D eigenvalue weighted by atomic mass is 9.96. The van der Waals surface area contributed by atoms with E-state index in [2.05, 4.69) is 32.2 Å². The maximum atomic E-state index is 6.11. The molecule has 0 spiro atoms. The van der Waals surface area contributed by atoms with E-state index in [4.69, 9.17) is 17.3 Å². The molecule has 1 unspecified atom stereocenters. The van der Waals surface area contributed by atoms with Crippen LogP contribution in [-0.2, 0) is 0 Å². The molecule has 16 heavy (non-hydrogen) atoms. The third-order valence-electron chi connectivity index (χ3n) is 2.92. The average molecular weight is 241 g/mol. The van der Waals surface area contributed by atoms with Gasteiger partial charge in [-0.2, -0.15) is 0 Å². The standard InChI is InChI=1S/C13H21ClN2/c1-9(2)11(7-15)8-16-13-6-10(3)4-5-12(13)14/h4-6,9,11,16H,7-8,15H2,1-3H3. The molecule has 3 N–H and O–H groups in total. The number of hydrogen-bond donors (Lipinski definition) is 2. The summed E-state index contributed by atoms with van der Waals surface area (Å²) in [5, 5.41) is 4.14. The van der Waals surface area contributed by atoms with Crippen LogP contribution in [0.1, 0.15) is 19.4 Å². The van der Waals surface area contributed by atoms with Crippen molar-refractivity contribution in [1.82, 2.24) is 0 Å². The predicted octanol–water partition coefficient (Wildman–Crippen LogP) is 3.29. The van der Waals surface area contributed by atoms with Gasteiger partial charge in [0.25, 0.3) is 0 Å². The molecule has 0 saturated heterocycles. The van der Waals surface area contributed by atoms with E-state index < -0.39 is 0 Å². The van der Waals surface area contributed by atoms with Crippen molar-refractivity contribution in [2.45, 2.75) is 20.8 Å². The molecule has 0 aromatic heterocycles. The summed E-state index contributed by atoms with van der Waals surface area (Å²) in [6.45, 7) is 8.02. The van der Waals surface area contributed by atoms with Crippen LogP contribution in [0.25, 0.3) is 0 Å². The fourth-order valence-corrected chi connectivity index (χ4v) is 1.79. The molecule has 3 heteroatoms. The summed E-state index contributed by atoms with van der Waals surface area (Å²) in [7, 11) is 0. The molecule has 1 rings (SSSR count). The van der Waals surface area contributed by atoms with E-state index in [0.717, 1.165) is 17.3 Å². The lowest BCUT2D eigenvalue weighted by molar-refractivity contribution is 0.413. The van der Waals surface area contributed by atoms with Gasteiger partial charge in [0.15, 0.2) is 0 Å². The van der Waals surface area contributed by atoms with Crippen molar-refractivity contribution in [3.05, 3.63) is 28.8 Å². The SMILES string of the molecule is Cc1ccc(Cl)c(NCC(CN)C(C)C)c1. The Labute approximate surface area is 103 Å². The third-order valence-corrected chi connectivity index (χ3v) is 3.25. The Balaban J connectivity index is 2.63. The molecule has 1 aromatic rings. The van der Waals surface area contributed by atoms with Crippen LogP contribution in [0.4, 0.5) is 5.69 Å². The number of halogens is 1. The van der Waals surface area contributed by atoms with Crippen molar-refractivity contribution in [2.24, 2.45) is 17.6 Å². The van der Waals surface area contributed by atoms with E-state index in [1.165, 1.54) is 5.56 Å². The quantitative estimate of drug-likeness (QED) is 0.829. The first-order valence-electron chi connectivity index (χ1n) is 5.74. The zero-order valence-corrected chi connectivity index (χ0v) is 11.0. The topological polar surface area (TPSA) is 38.0 Å². The van der Waals surface area contributed by atoms with Crippen LogP contribution in [0.3, 0.4) is 0 Å². The summed E-state index contributed by atoms with van der Waals surface area (Å²) in [6.07, 6.45) is 0.